The first-order chi connectivity index (χ1) is 9.85. The number of piperazine rings is 1. The molecule has 1 saturated heterocycles. The number of hydrogen-bond donors (Lipinski definition) is 1. The van der Waals surface area contributed by atoms with Crippen LogP contribution in [0.15, 0.2) is 12.1 Å². The largest absolute Gasteiger partial charge is 0.314 e. The molecular weight excluding hydrogens is 387 g/mol. The maximum absolute atomic E-state index is 3.50. The van der Waals surface area contributed by atoms with E-state index in [9.17, 15) is 0 Å². The fourth-order valence-corrected chi connectivity index (χ4v) is 3.54. The van der Waals surface area contributed by atoms with Crippen molar-refractivity contribution in [1.29, 1.82) is 0 Å². The van der Waals surface area contributed by atoms with Crippen molar-refractivity contribution < 1.29 is 0 Å². The Morgan fingerprint density at radius 3 is 2.52 bits per heavy atom. The second kappa shape index (κ2) is 7.27. The van der Waals surface area contributed by atoms with Gasteiger partial charge in [0.1, 0.15) is 8.07 Å². The van der Waals surface area contributed by atoms with Crippen LogP contribution < -0.4 is 5.32 Å². The molecule has 1 aliphatic heterocycles. The zero-order chi connectivity index (χ0) is 15.5. The summed E-state index contributed by atoms with van der Waals surface area (Å²) in [5, 5.41) is 3.41. The second-order valence-electron chi connectivity index (χ2n) is 6.78. The molecule has 1 fully saturated rings. The number of nitrogens with one attached hydrogen (secondary N) is 1. The fourth-order valence-electron chi connectivity index (χ4n) is 2.34. The molecule has 1 aromatic rings. The lowest BCUT2D eigenvalue weighted by Crippen LogP contribution is -2.42. The Kier molecular flexibility index (Phi) is 5.89. The Labute approximate surface area is 143 Å². The van der Waals surface area contributed by atoms with Crippen LogP contribution in [0.4, 0.5) is 0 Å². The Balaban J connectivity index is 2.22. The van der Waals surface area contributed by atoms with Crippen LogP contribution in [-0.2, 0) is 6.54 Å². The highest BCUT2D eigenvalue weighted by Gasteiger charge is 2.12. The van der Waals surface area contributed by atoms with Crippen molar-refractivity contribution in [3.63, 3.8) is 0 Å². The summed E-state index contributed by atoms with van der Waals surface area (Å²) in [4.78, 5) is 2.52. The Morgan fingerprint density at radius 2 is 1.90 bits per heavy atom. The van der Waals surface area contributed by atoms with Crippen molar-refractivity contribution in [3.05, 3.63) is 32.4 Å². The predicted octanol–water partition coefficient (Wildman–Crippen LogP) is 3.23. The molecule has 0 aliphatic carbocycles. The summed E-state index contributed by atoms with van der Waals surface area (Å²) >= 11 is 2.44. The van der Waals surface area contributed by atoms with Crippen molar-refractivity contribution >= 4 is 30.7 Å². The molecule has 1 aliphatic rings. The van der Waals surface area contributed by atoms with Gasteiger partial charge < -0.3 is 5.32 Å². The van der Waals surface area contributed by atoms with Crippen molar-refractivity contribution in [3.8, 4) is 11.5 Å². The summed E-state index contributed by atoms with van der Waals surface area (Å²) in [7, 11) is -1.32. The lowest BCUT2D eigenvalue weighted by atomic mass is 10.1. The Morgan fingerprint density at radius 1 is 1.24 bits per heavy atom. The molecule has 0 spiro atoms. The van der Waals surface area contributed by atoms with Gasteiger partial charge in [-0.2, -0.15) is 0 Å². The summed E-state index contributed by atoms with van der Waals surface area (Å²) in [5.74, 6) is 3.45. The molecule has 2 rings (SSSR count). The van der Waals surface area contributed by atoms with E-state index >= 15 is 0 Å². The maximum Gasteiger partial charge on any atom is 0.129 e. The second-order valence-corrected chi connectivity index (χ2v) is 12.7. The molecule has 0 aromatic heterocycles. The molecule has 0 amide bonds. The van der Waals surface area contributed by atoms with E-state index < -0.39 is 8.07 Å². The normalized spacial score (nSPS) is 16.4. The molecule has 21 heavy (non-hydrogen) atoms. The number of hydrogen-bond acceptors (Lipinski definition) is 2. The molecule has 114 valence electrons. The topological polar surface area (TPSA) is 15.3 Å². The monoisotopic (exact) mass is 412 g/mol. The van der Waals surface area contributed by atoms with Gasteiger partial charge in [-0.25, -0.2) is 0 Å². The summed E-state index contributed by atoms with van der Waals surface area (Å²) in [6, 6.07) is 4.62. The standard InChI is InChI=1S/C17H25IN2Si/c1-14-16(5-10-21(2,3)4)11-15(12-17(14)18)13-20-8-6-19-7-9-20/h11-12,19H,6-9,13H2,1-4H3. The van der Waals surface area contributed by atoms with Gasteiger partial charge in [0, 0.05) is 41.9 Å². The van der Waals surface area contributed by atoms with Crippen LogP contribution in [0.25, 0.3) is 0 Å². The molecule has 1 heterocycles. The molecule has 0 atom stereocenters. The van der Waals surface area contributed by atoms with E-state index in [-0.39, 0.29) is 0 Å². The minimum Gasteiger partial charge on any atom is -0.314 e. The SMILES string of the molecule is Cc1c(I)cc(CN2CCNCC2)cc1C#C[Si](C)(C)C. The van der Waals surface area contributed by atoms with Crippen LogP contribution in [0.2, 0.25) is 19.6 Å². The van der Waals surface area contributed by atoms with Crippen LogP contribution in [0.1, 0.15) is 16.7 Å². The highest BCUT2D eigenvalue weighted by atomic mass is 127. The van der Waals surface area contributed by atoms with Gasteiger partial charge in [-0.1, -0.05) is 25.6 Å². The summed E-state index contributed by atoms with van der Waals surface area (Å²) in [5.41, 5.74) is 7.44. The van der Waals surface area contributed by atoms with Crippen LogP contribution in [0.5, 0.6) is 0 Å². The lowest BCUT2D eigenvalue weighted by molar-refractivity contribution is 0.233. The van der Waals surface area contributed by atoms with Crippen molar-refractivity contribution in [2.45, 2.75) is 33.1 Å². The van der Waals surface area contributed by atoms with E-state index in [2.05, 4.69) is 83.0 Å². The smallest absolute Gasteiger partial charge is 0.129 e. The highest BCUT2D eigenvalue weighted by Crippen LogP contribution is 2.20. The average molecular weight is 412 g/mol. The van der Waals surface area contributed by atoms with Gasteiger partial charge in [0.05, 0.1) is 0 Å². The zero-order valence-corrected chi connectivity index (χ0v) is 16.7. The molecule has 1 N–H and O–H groups in total. The molecule has 0 saturated carbocycles. The van der Waals surface area contributed by atoms with Gasteiger partial charge in [0.15, 0.2) is 0 Å². The van der Waals surface area contributed by atoms with Crippen molar-refractivity contribution in [2.75, 3.05) is 26.2 Å². The van der Waals surface area contributed by atoms with Gasteiger partial charge in [-0.15, -0.1) is 5.54 Å². The van der Waals surface area contributed by atoms with Crippen molar-refractivity contribution in [1.82, 2.24) is 10.2 Å². The first kappa shape index (κ1) is 17.0. The van der Waals surface area contributed by atoms with E-state index in [0.29, 0.717) is 0 Å². The Hall–Kier alpha value is -0.353. The molecule has 2 nitrogen and oxygen atoms in total. The third-order valence-electron chi connectivity index (χ3n) is 3.59. The summed E-state index contributed by atoms with van der Waals surface area (Å²) in [6.45, 7) is 14.6. The third-order valence-corrected chi connectivity index (χ3v) is 5.59. The third kappa shape index (κ3) is 5.40. The molecule has 0 unspecified atom stereocenters. The number of halogens is 1. The maximum atomic E-state index is 3.50. The minimum absolute atomic E-state index is 1.04. The fraction of sp³-hybridized carbons (Fsp3) is 0.529. The minimum atomic E-state index is -1.32. The first-order valence-corrected chi connectivity index (χ1v) is 12.2. The van der Waals surface area contributed by atoms with Crippen LogP contribution in [0, 0.1) is 22.0 Å². The quantitative estimate of drug-likeness (QED) is 0.456. The molecule has 0 bridgehead atoms. The summed E-state index contributed by atoms with van der Waals surface area (Å²) < 4.78 is 1.33. The average Bonchev–Trinajstić information content (AvgIpc) is 2.41. The number of benzene rings is 1. The van der Waals surface area contributed by atoms with Crippen LogP contribution in [-0.4, -0.2) is 39.2 Å². The van der Waals surface area contributed by atoms with Crippen LogP contribution >= 0.6 is 22.6 Å². The van der Waals surface area contributed by atoms with Crippen LogP contribution in [0.3, 0.4) is 0 Å². The highest BCUT2D eigenvalue weighted by molar-refractivity contribution is 14.1. The van der Waals surface area contributed by atoms with Gasteiger partial charge in [0.25, 0.3) is 0 Å². The molecule has 4 heteroatoms. The van der Waals surface area contributed by atoms with E-state index in [4.69, 9.17) is 0 Å². The van der Waals surface area contributed by atoms with E-state index in [0.717, 1.165) is 32.7 Å². The first-order valence-electron chi connectivity index (χ1n) is 7.60. The van der Waals surface area contributed by atoms with E-state index in [1.165, 1.54) is 20.3 Å². The van der Waals surface area contributed by atoms with E-state index in [1.807, 2.05) is 0 Å². The van der Waals surface area contributed by atoms with E-state index in [1.54, 1.807) is 0 Å². The molecule has 1 aromatic carbocycles. The lowest BCUT2D eigenvalue weighted by Gasteiger charge is -2.27. The van der Waals surface area contributed by atoms with Gasteiger partial charge >= 0.3 is 0 Å². The van der Waals surface area contributed by atoms with Gasteiger partial charge in [-0.3, -0.25) is 4.90 Å². The molecular formula is C17H25IN2Si. The van der Waals surface area contributed by atoms with Gasteiger partial charge in [-0.05, 0) is 52.8 Å². The number of nitrogens with zero attached hydrogens (tertiary/aromatic N) is 1. The summed E-state index contributed by atoms with van der Waals surface area (Å²) in [6.07, 6.45) is 0. The zero-order valence-electron chi connectivity index (χ0n) is 13.5. The van der Waals surface area contributed by atoms with Gasteiger partial charge in [0.2, 0.25) is 0 Å². The predicted molar refractivity (Wildman–Crippen MR) is 102 cm³/mol. The molecule has 0 radical (unpaired) electrons. The number of rotatable bonds is 2. The Bertz CT molecular complexity index is 561. The van der Waals surface area contributed by atoms with Crippen molar-refractivity contribution in [2.24, 2.45) is 0 Å².